The van der Waals surface area contributed by atoms with Gasteiger partial charge in [0, 0.05) is 0 Å². The summed E-state index contributed by atoms with van der Waals surface area (Å²) < 4.78 is 21.4. The van der Waals surface area contributed by atoms with Crippen molar-refractivity contribution in [3.05, 3.63) is 83.4 Å². The molecule has 2 aliphatic rings. The van der Waals surface area contributed by atoms with E-state index in [9.17, 15) is 14.4 Å². The lowest BCUT2D eigenvalue weighted by molar-refractivity contribution is -0.117. The fourth-order valence-corrected chi connectivity index (χ4v) is 3.52. The van der Waals surface area contributed by atoms with Crippen LogP contribution in [0.4, 0.5) is 5.69 Å². The zero-order valence-electron chi connectivity index (χ0n) is 17.9. The molecule has 0 aromatic heterocycles. The van der Waals surface area contributed by atoms with Crippen molar-refractivity contribution in [2.24, 2.45) is 0 Å². The zero-order valence-corrected chi connectivity index (χ0v) is 17.9. The molecular weight excluding hydrogens is 440 g/mol. The van der Waals surface area contributed by atoms with Crippen LogP contribution in [0.5, 0.6) is 23.0 Å². The summed E-state index contributed by atoms with van der Waals surface area (Å²) in [4.78, 5) is 37.8. The Bertz CT molecular complexity index is 1330. The SMILES string of the molecule is COc1cc(/C=C2/C(=O)NN(c3ccccc3)C2=O)ccc1OC(=O)c1ccc2c(c1)OCO2. The third kappa shape index (κ3) is 3.90. The molecule has 3 aromatic rings. The normalized spacial score (nSPS) is 15.4. The second kappa shape index (κ2) is 8.62. The van der Waals surface area contributed by atoms with Gasteiger partial charge in [0.15, 0.2) is 23.0 Å². The van der Waals surface area contributed by atoms with Crippen LogP contribution in [0, 0.1) is 0 Å². The van der Waals surface area contributed by atoms with E-state index in [1.807, 2.05) is 6.07 Å². The number of amides is 2. The van der Waals surface area contributed by atoms with Gasteiger partial charge in [-0.1, -0.05) is 24.3 Å². The molecule has 5 rings (SSSR count). The van der Waals surface area contributed by atoms with E-state index in [1.54, 1.807) is 54.6 Å². The van der Waals surface area contributed by atoms with Crippen molar-refractivity contribution in [1.82, 2.24) is 5.43 Å². The number of rotatable bonds is 5. The molecule has 1 N–H and O–H groups in total. The number of ether oxygens (including phenoxy) is 4. The molecule has 1 fully saturated rings. The zero-order chi connectivity index (χ0) is 23.7. The molecule has 2 heterocycles. The molecule has 0 unspecified atom stereocenters. The predicted octanol–water partition coefficient (Wildman–Crippen LogP) is 3.10. The fraction of sp³-hybridized carbons (Fsp3) is 0.0800. The number of hydrazine groups is 1. The van der Waals surface area contributed by atoms with Crippen LogP contribution in [0.3, 0.4) is 0 Å². The molecule has 9 heteroatoms. The molecule has 1 saturated heterocycles. The summed E-state index contributed by atoms with van der Waals surface area (Å²) in [6, 6.07) is 18.2. The first kappa shape index (κ1) is 21.1. The van der Waals surface area contributed by atoms with Crippen LogP contribution in [0.15, 0.2) is 72.3 Å². The first-order valence-electron chi connectivity index (χ1n) is 10.3. The topological polar surface area (TPSA) is 103 Å². The van der Waals surface area contributed by atoms with Crippen LogP contribution in [0.2, 0.25) is 0 Å². The lowest BCUT2D eigenvalue weighted by atomic mass is 10.1. The number of nitrogens with zero attached hydrogens (tertiary/aromatic N) is 1. The van der Waals surface area contributed by atoms with Gasteiger partial charge < -0.3 is 18.9 Å². The van der Waals surface area contributed by atoms with Crippen LogP contribution >= 0.6 is 0 Å². The number of carbonyl (C=O) groups is 3. The summed E-state index contributed by atoms with van der Waals surface area (Å²) in [6.45, 7) is 0.0995. The number of methoxy groups -OCH3 is 1. The average molecular weight is 458 g/mol. The van der Waals surface area contributed by atoms with Crippen LogP contribution < -0.4 is 29.4 Å². The number of benzene rings is 3. The van der Waals surface area contributed by atoms with E-state index in [4.69, 9.17) is 18.9 Å². The monoisotopic (exact) mass is 458 g/mol. The van der Waals surface area contributed by atoms with Crippen molar-refractivity contribution in [3.8, 4) is 23.0 Å². The first-order valence-corrected chi connectivity index (χ1v) is 10.3. The van der Waals surface area contributed by atoms with Gasteiger partial charge in [-0.2, -0.15) is 0 Å². The Labute approximate surface area is 194 Å². The molecule has 0 bridgehead atoms. The first-order chi connectivity index (χ1) is 16.5. The Kier molecular flexibility index (Phi) is 5.35. The minimum atomic E-state index is -0.605. The number of esters is 1. The number of hydrogen-bond acceptors (Lipinski definition) is 7. The molecule has 9 nitrogen and oxygen atoms in total. The predicted molar refractivity (Wildman–Crippen MR) is 121 cm³/mol. The van der Waals surface area contributed by atoms with E-state index in [2.05, 4.69) is 5.43 Å². The Morgan fingerprint density at radius 3 is 2.56 bits per heavy atom. The van der Waals surface area contributed by atoms with Gasteiger partial charge in [0.2, 0.25) is 6.79 Å². The molecule has 0 aliphatic carbocycles. The van der Waals surface area contributed by atoms with E-state index >= 15 is 0 Å². The highest BCUT2D eigenvalue weighted by Gasteiger charge is 2.34. The van der Waals surface area contributed by atoms with Gasteiger partial charge in [0.1, 0.15) is 5.57 Å². The highest BCUT2D eigenvalue weighted by atomic mass is 16.7. The van der Waals surface area contributed by atoms with Crippen molar-refractivity contribution in [2.75, 3.05) is 18.9 Å². The number of para-hydroxylation sites is 1. The van der Waals surface area contributed by atoms with Gasteiger partial charge >= 0.3 is 5.97 Å². The summed E-state index contributed by atoms with van der Waals surface area (Å²) in [5.74, 6) is -0.143. The maximum absolute atomic E-state index is 12.8. The van der Waals surface area contributed by atoms with Crippen molar-refractivity contribution in [3.63, 3.8) is 0 Å². The van der Waals surface area contributed by atoms with Crippen LogP contribution in [0.1, 0.15) is 15.9 Å². The molecule has 0 saturated carbocycles. The Morgan fingerprint density at radius 1 is 0.971 bits per heavy atom. The third-order valence-electron chi connectivity index (χ3n) is 5.22. The second-order valence-corrected chi connectivity index (χ2v) is 7.34. The molecular formula is C25H18N2O7. The van der Waals surface area contributed by atoms with E-state index in [0.717, 1.165) is 0 Å². The fourth-order valence-electron chi connectivity index (χ4n) is 3.52. The maximum Gasteiger partial charge on any atom is 0.343 e. The Morgan fingerprint density at radius 2 is 1.76 bits per heavy atom. The van der Waals surface area contributed by atoms with Crippen molar-refractivity contribution in [2.45, 2.75) is 0 Å². The third-order valence-corrected chi connectivity index (χ3v) is 5.22. The minimum Gasteiger partial charge on any atom is -0.493 e. The van der Waals surface area contributed by atoms with Crippen molar-refractivity contribution >= 4 is 29.5 Å². The van der Waals surface area contributed by atoms with Crippen LogP contribution in [-0.2, 0) is 9.59 Å². The lowest BCUT2D eigenvalue weighted by Gasteiger charge is -2.13. The largest absolute Gasteiger partial charge is 0.493 e. The molecule has 2 amide bonds. The van der Waals surface area contributed by atoms with Gasteiger partial charge in [-0.3, -0.25) is 15.0 Å². The summed E-state index contributed by atoms with van der Waals surface area (Å²) >= 11 is 0. The van der Waals surface area contributed by atoms with Crippen molar-refractivity contribution in [1.29, 1.82) is 0 Å². The van der Waals surface area contributed by atoms with Gasteiger partial charge in [-0.05, 0) is 54.1 Å². The van der Waals surface area contributed by atoms with Gasteiger partial charge in [0.05, 0.1) is 18.4 Å². The van der Waals surface area contributed by atoms with Crippen molar-refractivity contribution < 1.29 is 33.3 Å². The number of hydrogen-bond donors (Lipinski definition) is 1. The quantitative estimate of drug-likeness (QED) is 0.271. The average Bonchev–Trinajstić information content (AvgIpc) is 3.44. The summed E-state index contributed by atoms with van der Waals surface area (Å²) in [5, 5.41) is 1.19. The molecule has 0 radical (unpaired) electrons. The molecule has 170 valence electrons. The summed E-state index contributed by atoms with van der Waals surface area (Å²) in [5.41, 5.74) is 3.87. The maximum atomic E-state index is 12.8. The summed E-state index contributed by atoms with van der Waals surface area (Å²) in [6.07, 6.45) is 1.45. The lowest BCUT2D eigenvalue weighted by Crippen LogP contribution is -2.35. The Balaban J connectivity index is 1.36. The van der Waals surface area contributed by atoms with E-state index in [0.29, 0.717) is 22.7 Å². The molecule has 34 heavy (non-hydrogen) atoms. The highest BCUT2D eigenvalue weighted by Crippen LogP contribution is 2.34. The number of fused-ring (bicyclic) bond motifs is 1. The smallest absolute Gasteiger partial charge is 0.343 e. The second-order valence-electron chi connectivity index (χ2n) is 7.34. The van der Waals surface area contributed by atoms with Gasteiger partial charge in [-0.25, -0.2) is 9.80 Å². The van der Waals surface area contributed by atoms with Gasteiger partial charge in [0.25, 0.3) is 11.8 Å². The summed E-state index contributed by atoms with van der Waals surface area (Å²) in [7, 11) is 1.43. The molecule has 2 aliphatic heterocycles. The minimum absolute atomic E-state index is 0.0315. The molecule has 3 aromatic carbocycles. The Hall–Kier alpha value is -4.79. The standard InChI is InChI=1S/C25H18N2O7/c1-31-21-12-15(11-18-23(28)26-27(24(18)29)17-5-3-2-4-6-17)7-9-20(21)34-25(30)16-8-10-19-22(13-16)33-14-32-19/h2-13H,14H2,1H3,(H,26,28)/b18-11-. The number of carbonyl (C=O) groups excluding carboxylic acids is 3. The molecule has 0 spiro atoms. The van der Waals surface area contributed by atoms with E-state index in [-0.39, 0.29) is 29.4 Å². The van der Waals surface area contributed by atoms with Crippen LogP contribution in [0.25, 0.3) is 6.08 Å². The van der Waals surface area contributed by atoms with Gasteiger partial charge in [-0.15, -0.1) is 0 Å². The number of nitrogens with one attached hydrogen (secondary N) is 1. The number of anilines is 1. The van der Waals surface area contributed by atoms with E-state index < -0.39 is 17.8 Å². The van der Waals surface area contributed by atoms with E-state index in [1.165, 1.54) is 24.3 Å². The highest BCUT2D eigenvalue weighted by molar-refractivity contribution is 6.31. The van der Waals surface area contributed by atoms with Crippen LogP contribution in [-0.4, -0.2) is 31.7 Å². The molecule has 0 atom stereocenters.